The summed E-state index contributed by atoms with van der Waals surface area (Å²) >= 11 is 11.4. The Morgan fingerprint density at radius 1 is 1.47 bits per heavy atom. The predicted molar refractivity (Wildman–Crippen MR) is 55.6 cm³/mol. The highest BCUT2D eigenvalue weighted by molar-refractivity contribution is 6.35. The molecule has 0 aromatic heterocycles. The van der Waals surface area contributed by atoms with Crippen molar-refractivity contribution in [1.29, 1.82) is 0 Å². The third-order valence-corrected chi connectivity index (χ3v) is 2.29. The van der Waals surface area contributed by atoms with Gasteiger partial charge in [0.25, 0.3) is 5.91 Å². The van der Waals surface area contributed by atoms with E-state index in [2.05, 4.69) is 0 Å². The molecule has 4 nitrogen and oxygen atoms in total. The summed E-state index contributed by atoms with van der Waals surface area (Å²) < 4.78 is 0. The molecule has 0 aliphatic heterocycles. The number of amides is 1. The number of quaternary nitrogens is 1. The Morgan fingerprint density at radius 3 is 2.73 bits per heavy atom. The van der Waals surface area contributed by atoms with Crippen LogP contribution in [0.2, 0.25) is 10.0 Å². The molecule has 4 N–H and O–H groups in total. The van der Waals surface area contributed by atoms with Crippen molar-refractivity contribution < 1.29 is 15.2 Å². The van der Waals surface area contributed by atoms with Crippen molar-refractivity contribution in [1.82, 2.24) is 0 Å². The van der Waals surface area contributed by atoms with Gasteiger partial charge < -0.3 is 16.2 Å². The predicted octanol–water partition coefficient (Wildman–Crippen LogP) is -0.384. The number of carbonyl (C=O) groups is 1. The standard InChI is InChI=1S/C9H10Cl2N2O2/c10-6-1-5(3-13-4-8(12)14)9(15)7(11)2-6/h1-2,13,15H,3-4H2,(H2,12,14). The van der Waals surface area contributed by atoms with Crippen LogP contribution in [0, 0.1) is 0 Å². The Bertz CT molecular complexity index is 383. The van der Waals surface area contributed by atoms with Crippen molar-refractivity contribution in [3.63, 3.8) is 0 Å². The minimum Gasteiger partial charge on any atom is -0.871 e. The molecule has 0 saturated heterocycles. The molecule has 0 unspecified atom stereocenters. The molecule has 1 aromatic carbocycles. The molecule has 0 radical (unpaired) electrons. The molecule has 0 heterocycles. The first-order valence-electron chi connectivity index (χ1n) is 4.25. The van der Waals surface area contributed by atoms with Crippen molar-refractivity contribution in [3.05, 3.63) is 27.7 Å². The summed E-state index contributed by atoms with van der Waals surface area (Å²) in [5.41, 5.74) is 5.42. The fourth-order valence-electron chi connectivity index (χ4n) is 1.14. The second kappa shape index (κ2) is 5.21. The Labute approximate surface area is 97.0 Å². The zero-order valence-electron chi connectivity index (χ0n) is 7.80. The highest BCUT2D eigenvalue weighted by atomic mass is 35.5. The van der Waals surface area contributed by atoms with Crippen molar-refractivity contribution >= 4 is 29.1 Å². The summed E-state index contributed by atoms with van der Waals surface area (Å²) in [6.45, 7) is 0.464. The summed E-state index contributed by atoms with van der Waals surface area (Å²) in [4.78, 5) is 10.5. The monoisotopic (exact) mass is 248 g/mol. The fourth-order valence-corrected chi connectivity index (χ4v) is 1.67. The van der Waals surface area contributed by atoms with E-state index < -0.39 is 5.91 Å². The molecule has 0 fully saturated rings. The topological polar surface area (TPSA) is 82.8 Å². The van der Waals surface area contributed by atoms with E-state index in [0.29, 0.717) is 17.1 Å². The molecule has 1 aromatic rings. The molecule has 15 heavy (non-hydrogen) atoms. The van der Waals surface area contributed by atoms with Crippen LogP contribution in [0.25, 0.3) is 0 Å². The molecule has 6 heteroatoms. The number of carbonyl (C=O) groups excluding carboxylic acids is 1. The highest BCUT2D eigenvalue weighted by Gasteiger charge is 2.04. The maximum absolute atomic E-state index is 11.5. The molecule has 0 aliphatic rings. The van der Waals surface area contributed by atoms with Crippen LogP contribution < -0.4 is 16.2 Å². The zero-order valence-corrected chi connectivity index (χ0v) is 9.31. The summed E-state index contributed by atoms with van der Waals surface area (Å²) in [5, 5.41) is 13.6. The van der Waals surface area contributed by atoms with Crippen LogP contribution in [-0.4, -0.2) is 12.5 Å². The van der Waals surface area contributed by atoms with E-state index in [1.807, 2.05) is 0 Å². The third kappa shape index (κ3) is 3.58. The minimum absolute atomic E-state index is 0.0879. The first kappa shape index (κ1) is 12.1. The van der Waals surface area contributed by atoms with Gasteiger partial charge in [-0.2, -0.15) is 0 Å². The summed E-state index contributed by atoms with van der Waals surface area (Å²) in [5.74, 6) is -0.697. The molecule has 82 valence electrons. The van der Waals surface area contributed by atoms with E-state index in [9.17, 15) is 9.90 Å². The Kier molecular flexibility index (Phi) is 4.20. The lowest BCUT2D eigenvalue weighted by Gasteiger charge is -2.14. The number of rotatable bonds is 4. The van der Waals surface area contributed by atoms with Crippen LogP contribution >= 0.6 is 23.2 Å². The van der Waals surface area contributed by atoms with Crippen molar-refractivity contribution in [2.75, 3.05) is 6.54 Å². The second-order valence-corrected chi connectivity index (χ2v) is 3.88. The normalized spacial score (nSPS) is 10.3. The van der Waals surface area contributed by atoms with Crippen molar-refractivity contribution in [2.24, 2.45) is 5.73 Å². The maximum atomic E-state index is 11.5. The molecular weight excluding hydrogens is 239 g/mol. The second-order valence-electron chi connectivity index (χ2n) is 3.04. The molecule has 0 aliphatic carbocycles. The van der Waals surface area contributed by atoms with Gasteiger partial charge in [0.2, 0.25) is 0 Å². The van der Waals surface area contributed by atoms with Gasteiger partial charge in [-0.25, -0.2) is 0 Å². The van der Waals surface area contributed by atoms with E-state index in [-0.39, 0.29) is 17.3 Å². The summed E-state index contributed by atoms with van der Waals surface area (Å²) in [7, 11) is 0. The zero-order chi connectivity index (χ0) is 11.4. The van der Waals surface area contributed by atoms with E-state index in [0.717, 1.165) is 0 Å². The van der Waals surface area contributed by atoms with E-state index in [4.69, 9.17) is 28.9 Å². The molecular formula is C9H10Cl2N2O2. The van der Waals surface area contributed by atoms with Gasteiger partial charge in [0.1, 0.15) is 6.54 Å². The third-order valence-electron chi connectivity index (χ3n) is 1.80. The largest absolute Gasteiger partial charge is 0.871 e. The molecule has 1 rings (SSSR count). The van der Waals surface area contributed by atoms with Crippen LogP contribution in [0.5, 0.6) is 5.75 Å². The van der Waals surface area contributed by atoms with Crippen molar-refractivity contribution in [3.8, 4) is 5.75 Å². The fraction of sp³-hybridized carbons (Fsp3) is 0.222. The smallest absolute Gasteiger partial charge is 0.272 e. The van der Waals surface area contributed by atoms with Gasteiger partial charge in [0.05, 0.1) is 0 Å². The van der Waals surface area contributed by atoms with Crippen LogP contribution in [-0.2, 0) is 11.3 Å². The van der Waals surface area contributed by atoms with Gasteiger partial charge in [-0.05, 0) is 12.1 Å². The van der Waals surface area contributed by atoms with E-state index >= 15 is 0 Å². The van der Waals surface area contributed by atoms with Crippen LogP contribution in [0.15, 0.2) is 12.1 Å². The van der Waals surface area contributed by atoms with E-state index in [1.165, 1.54) is 12.1 Å². The van der Waals surface area contributed by atoms with Gasteiger partial charge in [-0.15, -0.1) is 0 Å². The van der Waals surface area contributed by atoms with Gasteiger partial charge in [0, 0.05) is 15.6 Å². The van der Waals surface area contributed by atoms with Crippen LogP contribution in [0.1, 0.15) is 5.56 Å². The lowest BCUT2D eigenvalue weighted by Crippen LogP contribution is -2.84. The number of nitrogens with two attached hydrogens (primary N) is 2. The molecule has 0 bridgehead atoms. The molecule has 0 atom stereocenters. The molecule has 0 saturated carbocycles. The average Bonchev–Trinajstić information content (AvgIpc) is 2.12. The van der Waals surface area contributed by atoms with Crippen molar-refractivity contribution in [2.45, 2.75) is 6.54 Å². The van der Waals surface area contributed by atoms with Gasteiger partial charge in [-0.1, -0.05) is 29.0 Å². The number of benzene rings is 1. The first-order chi connectivity index (χ1) is 7.00. The van der Waals surface area contributed by atoms with Gasteiger partial charge in [-0.3, -0.25) is 4.79 Å². The minimum atomic E-state index is -0.435. The summed E-state index contributed by atoms with van der Waals surface area (Å²) in [6, 6.07) is 2.93. The lowest BCUT2D eigenvalue weighted by atomic mass is 10.2. The van der Waals surface area contributed by atoms with Crippen LogP contribution in [0.3, 0.4) is 0 Å². The number of halogens is 2. The first-order valence-corrected chi connectivity index (χ1v) is 5.01. The number of hydrogen-bond acceptors (Lipinski definition) is 2. The van der Waals surface area contributed by atoms with Gasteiger partial charge in [0.15, 0.2) is 6.54 Å². The number of primary amides is 1. The summed E-state index contributed by atoms with van der Waals surface area (Å²) in [6.07, 6.45) is 0. The SMILES string of the molecule is NC(=O)C[NH2+]Cc1cc(Cl)cc(Cl)c1[O-]. The van der Waals surface area contributed by atoms with Gasteiger partial charge >= 0.3 is 0 Å². The van der Waals surface area contributed by atoms with Crippen LogP contribution in [0.4, 0.5) is 0 Å². The quantitative estimate of drug-likeness (QED) is 0.762. The Morgan fingerprint density at radius 2 is 2.13 bits per heavy atom. The van der Waals surface area contributed by atoms with E-state index in [1.54, 1.807) is 5.32 Å². The Hall–Kier alpha value is -0.970. The molecule has 1 amide bonds. The Balaban J connectivity index is 2.72. The molecule has 0 spiro atoms. The highest BCUT2D eigenvalue weighted by Crippen LogP contribution is 2.28. The maximum Gasteiger partial charge on any atom is 0.272 e. The number of hydrogen-bond donors (Lipinski definition) is 2. The lowest BCUT2D eigenvalue weighted by molar-refractivity contribution is -0.660. The average molecular weight is 249 g/mol.